The average Bonchev–Trinajstić information content (AvgIpc) is 3.04. The van der Waals surface area contributed by atoms with E-state index >= 15 is 0 Å². The van der Waals surface area contributed by atoms with Gasteiger partial charge in [0.25, 0.3) is 5.69 Å². The largest absolute Gasteiger partial charge is 0.449 e. The second-order valence-corrected chi connectivity index (χ2v) is 8.60. The molecule has 4 aromatic carbocycles. The summed E-state index contributed by atoms with van der Waals surface area (Å²) >= 11 is 0. The highest BCUT2D eigenvalue weighted by molar-refractivity contribution is 5.94. The lowest BCUT2D eigenvalue weighted by atomic mass is 9.81. The summed E-state index contributed by atoms with van der Waals surface area (Å²) in [6, 6.07) is 24.6. The van der Waals surface area contributed by atoms with E-state index in [1.54, 1.807) is 18.2 Å². The van der Waals surface area contributed by atoms with Gasteiger partial charge < -0.3 is 9.47 Å². The van der Waals surface area contributed by atoms with Crippen molar-refractivity contribution in [3.8, 4) is 45.3 Å². The Morgan fingerprint density at radius 1 is 0.719 bits per heavy atom. The molecule has 0 bridgehead atoms. The van der Waals surface area contributed by atoms with Gasteiger partial charge in [-0.25, -0.2) is 0 Å². The first-order valence-corrected chi connectivity index (χ1v) is 10.5. The van der Waals surface area contributed by atoms with E-state index < -0.39 is 0 Å². The van der Waals surface area contributed by atoms with Crippen LogP contribution in [-0.4, -0.2) is 4.92 Å². The maximum Gasteiger partial charge on any atom is 0.277 e. The van der Waals surface area contributed by atoms with Crippen molar-refractivity contribution in [1.29, 1.82) is 0 Å². The smallest absolute Gasteiger partial charge is 0.277 e. The molecule has 32 heavy (non-hydrogen) atoms. The Hall–Kier alpha value is -4.12. The number of fused-ring (bicyclic) bond motifs is 6. The zero-order valence-electron chi connectivity index (χ0n) is 17.6. The molecule has 6 rings (SSSR count). The summed E-state index contributed by atoms with van der Waals surface area (Å²) in [6.45, 7) is 4.34. The summed E-state index contributed by atoms with van der Waals surface area (Å²) in [7, 11) is 0. The molecule has 5 heteroatoms. The molecule has 156 valence electrons. The Bertz CT molecular complexity index is 1440. The summed E-state index contributed by atoms with van der Waals surface area (Å²) in [6.07, 6.45) is 0. The molecule has 0 unspecified atom stereocenters. The standard InChI is InChI=1S/C27H19NO4/c1-27(2)19-11-5-3-10-17(19)24-20(27)15-18(16-9-4-6-12-21(16)28(29)30)25-26(24)32-23-14-8-7-13-22(23)31-25/h3-15H,1-2H3. The van der Waals surface area contributed by atoms with E-state index in [1.807, 2.05) is 42.5 Å². The van der Waals surface area contributed by atoms with Crippen LogP contribution in [0.1, 0.15) is 25.0 Å². The van der Waals surface area contributed by atoms with Crippen LogP contribution < -0.4 is 9.47 Å². The van der Waals surface area contributed by atoms with Crippen LogP contribution in [0.2, 0.25) is 0 Å². The number of para-hydroxylation sites is 3. The van der Waals surface area contributed by atoms with Gasteiger partial charge in [-0.3, -0.25) is 10.1 Å². The second kappa shape index (κ2) is 6.44. The predicted molar refractivity (Wildman–Crippen MR) is 123 cm³/mol. The number of rotatable bonds is 2. The van der Waals surface area contributed by atoms with E-state index in [-0.39, 0.29) is 16.0 Å². The average molecular weight is 421 g/mol. The second-order valence-electron chi connectivity index (χ2n) is 8.60. The Morgan fingerprint density at radius 2 is 1.31 bits per heavy atom. The minimum atomic E-state index is -0.355. The predicted octanol–water partition coefficient (Wildman–Crippen LogP) is 7.47. The number of nitrogens with zero attached hydrogens (tertiary/aromatic N) is 1. The van der Waals surface area contributed by atoms with Gasteiger partial charge in [-0.15, -0.1) is 0 Å². The first kappa shape index (κ1) is 18.6. The lowest BCUT2D eigenvalue weighted by Crippen LogP contribution is -2.15. The molecule has 0 atom stereocenters. The van der Waals surface area contributed by atoms with Crippen molar-refractivity contribution in [2.45, 2.75) is 19.3 Å². The minimum absolute atomic E-state index is 0.0328. The van der Waals surface area contributed by atoms with Crippen molar-refractivity contribution in [2.75, 3.05) is 0 Å². The van der Waals surface area contributed by atoms with Crippen molar-refractivity contribution in [2.24, 2.45) is 0 Å². The molecule has 0 spiro atoms. The fourth-order valence-corrected chi connectivity index (χ4v) is 4.89. The van der Waals surface area contributed by atoms with Crippen LogP contribution >= 0.6 is 0 Å². The van der Waals surface area contributed by atoms with Crippen LogP contribution in [0.5, 0.6) is 23.0 Å². The molecular formula is C27H19NO4. The summed E-state index contributed by atoms with van der Waals surface area (Å²) in [5.41, 5.74) is 5.24. The fraction of sp³-hybridized carbons (Fsp3) is 0.111. The van der Waals surface area contributed by atoms with Gasteiger partial charge in [-0.2, -0.15) is 0 Å². The van der Waals surface area contributed by atoms with Gasteiger partial charge in [0.2, 0.25) is 0 Å². The van der Waals surface area contributed by atoms with Crippen LogP contribution in [0, 0.1) is 10.1 Å². The van der Waals surface area contributed by atoms with Gasteiger partial charge in [0.05, 0.1) is 10.5 Å². The third-order valence-corrected chi connectivity index (χ3v) is 6.44. The van der Waals surface area contributed by atoms with E-state index in [0.717, 1.165) is 16.7 Å². The molecule has 2 aliphatic rings. The van der Waals surface area contributed by atoms with Crippen molar-refractivity contribution >= 4 is 5.69 Å². The third kappa shape index (κ3) is 2.45. The first-order chi connectivity index (χ1) is 15.5. The highest BCUT2D eigenvalue weighted by Crippen LogP contribution is 2.61. The molecule has 0 aromatic heterocycles. The molecular weight excluding hydrogens is 402 g/mol. The quantitative estimate of drug-likeness (QED) is 0.219. The summed E-state index contributed by atoms with van der Waals surface area (Å²) in [4.78, 5) is 11.5. The van der Waals surface area contributed by atoms with Crippen molar-refractivity contribution < 1.29 is 14.4 Å². The molecule has 4 aromatic rings. The molecule has 0 radical (unpaired) electrons. The van der Waals surface area contributed by atoms with E-state index in [1.165, 1.54) is 11.6 Å². The minimum Gasteiger partial charge on any atom is -0.449 e. The molecule has 0 saturated heterocycles. The van der Waals surface area contributed by atoms with Gasteiger partial charge in [-0.05, 0) is 41.0 Å². The van der Waals surface area contributed by atoms with E-state index in [4.69, 9.17) is 9.47 Å². The number of nitro groups is 1. The maximum absolute atomic E-state index is 11.8. The number of hydrogen-bond acceptors (Lipinski definition) is 4. The zero-order chi connectivity index (χ0) is 22.0. The highest BCUT2D eigenvalue weighted by Gasteiger charge is 2.41. The number of nitro benzene ring substituents is 1. The normalized spacial score (nSPS) is 14.3. The fourth-order valence-electron chi connectivity index (χ4n) is 4.89. The Kier molecular flexibility index (Phi) is 3.75. The Labute approximate surface area is 185 Å². The molecule has 0 saturated carbocycles. The van der Waals surface area contributed by atoms with Crippen LogP contribution in [0.4, 0.5) is 5.69 Å². The molecule has 1 heterocycles. The van der Waals surface area contributed by atoms with Crippen molar-refractivity contribution in [3.05, 3.63) is 100 Å². The lowest BCUT2D eigenvalue weighted by molar-refractivity contribution is -0.384. The monoisotopic (exact) mass is 421 g/mol. The summed E-state index contributed by atoms with van der Waals surface area (Å²) in [5.74, 6) is 2.33. The number of hydrogen-bond donors (Lipinski definition) is 0. The molecule has 1 aliphatic carbocycles. The van der Waals surface area contributed by atoms with Gasteiger partial charge >= 0.3 is 0 Å². The number of ether oxygens (including phenoxy) is 2. The van der Waals surface area contributed by atoms with Crippen LogP contribution in [0.3, 0.4) is 0 Å². The summed E-state index contributed by atoms with van der Waals surface area (Å²) < 4.78 is 12.8. The van der Waals surface area contributed by atoms with Gasteiger partial charge in [0.15, 0.2) is 23.0 Å². The van der Waals surface area contributed by atoms with Gasteiger partial charge in [0, 0.05) is 22.6 Å². The molecule has 5 nitrogen and oxygen atoms in total. The van der Waals surface area contributed by atoms with Crippen molar-refractivity contribution in [3.63, 3.8) is 0 Å². The molecule has 0 amide bonds. The topological polar surface area (TPSA) is 61.6 Å². The van der Waals surface area contributed by atoms with E-state index in [9.17, 15) is 10.1 Å². The lowest BCUT2D eigenvalue weighted by Gasteiger charge is -2.27. The first-order valence-electron chi connectivity index (χ1n) is 10.5. The SMILES string of the molecule is CC1(C)c2ccccc2-c2c1cc(-c1ccccc1[N+](=O)[O-])c1c2Oc2ccccc2O1. The summed E-state index contributed by atoms with van der Waals surface area (Å²) in [5, 5.41) is 11.8. The van der Waals surface area contributed by atoms with Crippen LogP contribution in [0.15, 0.2) is 78.9 Å². The zero-order valence-corrected chi connectivity index (χ0v) is 17.6. The van der Waals surface area contributed by atoms with Crippen molar-refractivity contribution in [1.82, 2.24) is 0 Å². The molecule has 1 aliphatic heterocycles. The Balaban J connectivity index is 1.72. The van der Waals surface area contributed by atoms with E-state index in [2.05, 4.69) is 26.0 Å². The highest BCUT2D eigenvalue weighted by atomic mass is 16.6. The maximum atomic E-state index is 11.8. The van der Waals surface area contributed by atoms with Crippen LogP contribution in [0.25, 0.3) is 22.3 Å². The van der Waals surface area contributed by atoms with E-state index in [0.29, 0.717) is 34.1 Å². The van der Waals surface area contributed by atoms with Gasteiger partial charge in [-0.1, -0.05) is 62.4 Å². The molecule has 0 N–H and O–H groups in total. The Morgan fingerprint density at radius 3 is 2.03 bits per heavy atom. The molecule has 0 fully saturated rings. The van der Waals surface area contributed by atoms with Crippen LogP contribution in [-0.2, 0) is 5.41 Å². The third-order valence-electron chi connectivity index (χ3n) is 6.44. The number of benzene rings is 4. The van der Waals surface area contributed by atoms with Gasteiger partial charge in [0.1, 0.15) is 0 Å².